The lowest BCUT2D eigenvalue weighted by Crippen LogP contribution is -2.30. The van der Waals surface area contributed by atoms with Gasteiger partial charge in [0.05, 0.1) is 0 Å². The van der Waals surface area contributed by atoms with Crippen LogP contribution in [-0.4, -0.2) is 37.2 Å². The zero-order valence-corrected chi connectivity index (χ0v) is 34.1. The fourth-order valence-corrected chi connectivity index (χ4v) is 6.38. The van der Waals surface area contributed by atoms with E-state index in [4.69, 9.17) is 14.2 Å². The standard InChI is InChI=1S/C45H84O6/c1-4-7-10-13-16-19-21-22-24-26-29-32-35-38-44(47)50-41-42(40-49-43(46)37-34-31-28-25-18-15-12-9-6-3)51-45(48)39-36-33-30-27-23-20-17-14-11-8-5-2/h19,21,42H,4-18,20,22-41H2,1-3H3/b21-19-. The molecule has 0 spiro atoms. The average molecular weight is 721 g/mol. The summed E-state index contributed by atoms with van der Waals surface area (Å²) in [5.41, 5.74) is 0. The summed E-state index contributed by atoms with van der Waals surface area (Å²) >= 11 is 0. The number of hydrogen-bond donors (Lipinski definition) is 0. The van der Waals surface area contributed by atoms with Gasteiger partial charge in [0.1, 0.15) is 13.2 Å². The third-order valence-electron chi connectivity index (χ3n) is 9.77. The molecule has 0 aliphatic heterocycles. The Morgan fingerprint density at radius 3 is 1.00 bits per heavy atom. The van der Waals surface area contributed by atoms with E-state index in [1.54, 1.807) is 0 Å². The maximum absolute atomic E-state index is 12.7. The Hall–Kier alpha value is -1.85. The minimum atomic E-state index is -0.763. The fraction of sp³-hybridized carbons (Fsp3) is 0.889. The molecule has 1 unspecified atom stereocenters. The summed E-state index contributed by atoms with van der Waals surface area (Å²) in [5, 5.41) is 0. The molecule has 0 amide bonds. The van der Waals surface area contributed by atoms with Crippen LogP contribution in [0.2, 0.25) is 0 Å². The van der Waals surface area contributed by atoms with Crippen LogP contribution in [0.4, 0.5) is 0 Å². The van der Waals surface area contributed by atoms with Gasteiger partial charge >= 0.3 is 17.9 Å². The van der Waals surface area contributed by atoms with Crippen LogP contribution in [-0.2, 0) is 28.6 Å². The molecule has 0 aliphatic carbocycles. The fourth-order valence-electron chi connectivity index (χ4n) is 6.38. The van der Waals surface area contributed by atoms with Gasteiger partial charge in [-0.3, -0.25) is 14.4 Å². The van der Waals surface area contributed by atoms with Crippen LogP contribution in [0.1, 0.15) is 239 Å². The van der Waals surface area contributed by atoms with Gasteiger partial charge < -0.3 is 14.2 Å². The summed E-state index contributed by atoms with van der Waals surface area (Å²) in [6.07, 6.45) is 41.9. The topological polar surface area (TPSA) is 78.9 Å². The molecule has 0 aromatic heterocycles. The van der Waals surface area contributed by atoms with Gasteiger partial charge in [-0.15, -0.1) is 0 Å². The van der Waals surface area contributed by atoms with Gasteiger partial charge in [0.15, 0.2) is 6.10 Å². The second-order valence-electron chi connectivity index (χ2n) is 15.0. The highest BCUT2D eigenvalue weighted by Crippen LogP contribution is 2.14. The molecule has 6 nitrogen and oxygen atoms in total. The van der Waals surface area contributed by atoms with Crippen molar-refractivity contribution in [1.82, 2.24) is 0 Å². The van der Waals surface area contributed by atoms with E-state index in [0.29, 0.717) is 19.3 Å². The average Bonchev–Trinajstić information content (AvgIpc) is 3.12. The monoisotopic (exact) mass is 721 g/mol. The Kier molecular flexibility index (Phi) is 39.4. The van der Waals surface area contributed by atoms with E-state index in [1.165, 1.54) is 135 Å². The summed E-state index contributed by atoms with van der Waals surface area (Å²) in [4.78, 5) is 37.6. The highest BCUT2D eigenvalue weighted by molar-refractivity contribution is 5.71. The van der Waals surface area contributed by atoms with E-state index in [9.17, 15) is 14.4 Å². The van der Waals surface area contributed by atoms with Gasteiger partial charge in [0.25, 0.3) is 0 Å². The molecule has 300 valence electrons. The van der Waals surface area contributed by atoms with E-state index < -0.39 is 6.10 Å². The predicted octanol–water partition coefficient (Wildman–Crippen LogP) is 13.9. The molecule has 0 N–H and O–H groups in total. The molecule has 0 heterocycles. The van der Waals surface area contributed by atoms with Crippen molar-refractivity contribution in [3.05, 3.63) is 12.2 Å². The SMILES string of the molecule is CCCCCC/C=C\CCCCCCCC(=O)OCC(COC(=O)CCCCCCCCCCC)OC(=O)CCCCCCCCCCCCC. The molecule has 0 bridgehead atoms. The summed E-state index contributed by atoms with van der Waals surface area (Å²) in [5.74, 6) is -0.875. The Bertz CT molecular complexity index is 794. The summed E-state index contributed by atoms with van der Waals surface area (Å²) in [6, 6.07) is 0. The first-order chi connectivity index (χ1) is 25.0. The number of ether oxygens (including phenoxy) is 3. The van der Waals surface area contributed by atoms with Gasteiger partial charge in [0.2, 0.25) is 0 Å². The number of hydrogen-bond acceptors (Lipinski definition) is 6. The van der Waals surface area contributed by atoms with Crippen molar-refractivity contribution >= 4 is 17.9 Å². The number of unbranched alkanes of at least 4 members (excludes halogenated alkanes) is 27. The van der Waals surface area contributed by atoms with Crippen LogP contribution >= 0.6 is 0 Å². The zero-order valence-electron chi connectivity index (χ0n) is 34.1. The first kappa shape index (κ1) is 49.1. The van der Waals surface area contributed by atoms with Crippen molar-refractivity contribution in [3.63, 3.8) is 0 Å². The normalized spacial score (nSPS) is 12.0. The minimum absolute atomic E-state index is 0.0687. The predicted molar refractivity (Wildman–Crippen MR) is 215 cm³/mol. The molecule has 0 saturated carbocycles. The van der Waals surface area contributed by atoms with Crippen LogP contribution in [0, 0.1) is 0 Å². The summed E-state index contributed by atoms with van der Waals surface area (Å²) in [7, 11) is 0. The number of carbonyl (C=O) groups excluding carboxylic acids is 3. The van der Waals surface area contributed by atoms with Gasteiger partial charge in [-0.05, 0) is 44.9 Å². The molecular formula is C45H84O6. The minimum Gasteiger partial charge on any atom is -0.462 e. The molecule has 0 radical (unpaired) electrons. The van der Waals surface area contributed by atoms with Crippen LogP contribution in [0.25, 0.3) is 0 Å². The lowest BCUT2D eigenvalue weighted by atomic mass is 10.1. The van der Waals surface area contributed by atoms with Crippen molar-refractivity contribution in [2.75, 3.05) is 13.2 Å². The number of esters is 3. The van der Waals surface area contributed by atoms with E-state index in [-0.39, 0.29) is 31.1 Å². The van der Waals surface area contributed by atoms with E-state index in [2.05, 4.69) is 32.9 Å². The Morgan fingerprint density at radius 1 is 0.373 bits per heavy atom. The Labute approximate surface area is 316 Å². The zero-order chi connectivity index (χ0) is 37.3. The third-order valence-corrected chi connectivity index (χ3v) is 9.77. The second kappa shape index (κ2) is 40.9. The molecule has 0 aliphatic rings. The number of rotatable bonds is 40. The maximum Gasteiger partial charge on any atom is 0.306 e. The van der Waals surface area contributed by atoms with Crippen LogP contribution < -0.4 is 0 Å². The third kappa shape index (κ3) is 39.2. The van der Waals surface area contributed by atoms with Gasteiger partial charge in [0, 0.05) is 19.3 Å². The molecule has 0 aromatic rings. The highest BCUT2D eigenvalue weighted by atomic mass is 16.6. The van der Waals surface area contributed by atoms with Gasteiger partial charge in [-0.1, -0.05) is 187 Å². The van der Waals surface area contributed by atoms with Crippen molar-refractivity contribution in [1.29, 1.82) is 0 Å². The molecule has 6 heteroatoms. The quantitative estimate of drug-likeness (QED) is 0.0271. The van der Waals surface area contributed by atoms with Crippen LogP contribution in [0.3, 0.4) is 0 Å². The first-order valence-corrected chi connectivity index (χ1v) is 22.2. The maximum atomic E-state index is 12.7. The van der Waals surface area contributed by atoms with Crippen molar-refractivity contribution in [2.45, 2.75) is 245 Å². The van der Waals surface area contributed by atoms with Crippen molar-refractivity contribution in [3.8, 4) is 0 Å². The largest absolute Gasteiger partial charge is 0.462 e. The lowest BCUT2D eigenvalue weighted by Gasteiger charge is -2.18. The van der Waals surface area contributed by atoms with E-state index in [0.717, 1.165) is 64.2 Å². The van der Waals surface area contributed by atoms with Crippen molar-refractivity contribution in [2.24, 2.45) is 0 Å². The van der Waals surface area contributed by atoms with Gasteiger partial charge in [-0.2, -0.15) is 0 Å². The lowest BCUT2D eigenvalue weighted by molar-refractivity contribution is -0.167. The molecule has 1 atom stereocenters. The molecular weight excluding hydrogens is 636 g/mol. The van der Waals surface area contributed by atoms with Gasteiger partial charge in [-0.25, -0.2) is 0 Å². The number of carbonyl (C=O) groups is 3. The molecule has 0 fully saturated rings. The van der Waals surface area contributed by atoms with Crippen LogP contribution in [0.5, 0.6) is 0 Å². The van der Waals surface area contributed by atoms with Crippen LogP contribution in [0.15, 0.2) is 12.2 Å². The Morgan fingerprint density at radius 2 is 0.647 bits per heavy atom. The summed E-state index contributed by atoms with van der Waals surface area (Å²) in [6.45, 7) is 6.59. The number of allylic oxidation sites excluding steroid dienone is 2. The van der Waals surface area contributed by atoms with E-state index >= 15 is 0 Å². The molecule has 51 heavy (non-hydrogen) atoms. The summed E-state index contributed by atoms with van der Waals surface area (Å²) < 4.78 is 16.7. The highest BCUT2D eigenvalue weighted by Gasteiger charge is 2.19. The smallest absolute Gasteiger partial charge is 0.306 e. The van der Waals surface area contributed by atoms with E-state index in [1.807, 2.05) is 0 Å². The molecule has 0 rings (SSSR count). The molecule has 0 saturated heterocycles. The molecule has 0 aromatic carbocycles. The second-order valence-corrected chi connectivity index (χ2v) is 15.0. The van der Waals surface area contributed by atoms with Crippen molar-refractivity contribution < 1.29 is 28.6 Å². The first-order valence-electron chi connectivity index (χ1n) is 22.2. The Balaban J connectivity index is 4.34.